The summed E-state index contributed by atoms with van der Waals surface area (Å²) in [6.45, 7) is 4.65. The molecule has 4 rings (SSSR count). The van der Waals surface area contributed by atoms with E-state index in [9.17, 15) is 22.8 Å². The molecule has 8 nitrogen and oxygen atoms in total. The van der Waals surface area contributed by atoms with Gasteiger partial charge in [0.15, 0.2) is 0 Å². The van der Waals surface area contributed by atoms with Crippen LogP contribution < -0.4 is 5.32 Å². The number of amides is 1. The molecule has 3 unspecified atom stereocenters. The number of hydrogen-bond acceptors (Lipinski definition) is 7. The van der Waals surface area contributed by atoms with Gasteiger partial charge in [0, 0.05) is 30.1 Å². The van der Waals surface area contributed by atoms with Gasteiger partial charge in [-0.25, -0.2) is 9.97 Å². The fourth-order valence-electron chi connectivity index (χ4n) is 5.38. The third-order valence-corrected chi connectivity index (χ3v) is 7.59. The van der Waals surface area contributed by atoms with Gasteiger partial charge >= 0.3 is 12.1 Å². The molecule has 0 spiro atoms. The second-order valence-corrected chi connectivity index (χ2v) is 9.89. The van der Waals surface area contributed by atoms with E-state index in [1.807, 2.05) is 7.05 Å². The molecule has 4 atom stereocenters. The summed E-state index contributed by atoms with van der Waals surface area (Å²) in [5.74, 6) is -0.777. The number of rotatable bonds is 6. The Hall–Kier alpha value is -2.95. The molecule has 0 radical (unpaired) electrons. The summed E-state index contributed by atoms with van der Waals surface area (Å²) in [4.78, 5) is 38.3. The molecule has 1 amide bonds. The Labute approximate surface area is 208 Å². The molecular formula is C25H32F3N5O3. The lowest BCUT2D eigenvalue weighted by molar-refractivity contribution is -0.152. The van der Waals surface area contributed by atoms with Gasteiger partial charge in [-0.2, -0.15) is 13.2 Å². The number of benzene rings is 1. The van der Waals surface area contributed by atoms with Crippen molar-refractivity contribution >= 4 is 28.6 Å². The van der Waals surface area contributed by atoms with Crippen LogP contribution in [0.2, 0.25) is 0 Å². The molecule has 1 aliphatic heterocycles. The van der Waals surface area contributed by atoms with Crippen LogP contribution in [0.25, 0.3) is 10.9 Å². The third-order valence-electron chi connectivity index (χ3n) is 7.59. The number of anilines is 1. The quantitative estimate of drug-likeness (QED) is 0.597. The molecule has 36 heavy (non-hydrogen) atoms. The van der Waals surface area contributed by atoms with Crippen LogP contribution >= 0.6 is 0 Å². The molecule has 2 aliphatic rings. The fraction of sp³-hybridized carbons (Fsp3) is 0.600. The Bertz CT molecular complexity index is 1130. The van der Waals surface area contributed by atoms with Crippen LogP contribution in [0.5, 0.6) is 0 Å². The van der Waals surface area contributed by atoms with Crippen LogP contribution in [0.15, 0.2) is 24.5 Å². The van der Waals surface area contributed by atoms with E-state index in [1.165, 1.54) is 19.5 Å². The van der Waals surface area contributed by atoms with E-state index in [-0.39, 0.29) is 35.2 Å². The highest BCUT2D eigenvalue weighted by molar-refractivity contribution is 5.93. The number of aromatic nitrogens is 2. The first-order valence-corrected chi connectivity index (χ1v) is 12.2. The number of esters is 1. The van der Waals surface area contributed by atoms with Gasteiger partial charge in [0.2, 0.25) is 5.91 Å². The van der Waals surface area contributed by atoms with Crippen molar-refractivity contribution in [1.29, 1.82) is 0 Å². The second-order valence-electron chi connectivity index (χ2n) is 9.89. The Morgan fingerprint density at radius 2 is 1.97 bits per heavy atom. The van der Waals surface area contributed by atoms with Crippen molar-refractivity contribution in [3.05, 3.63) is 30.1 Å². The van der Waals surface area contributed by atoms with E-state index in [0.717, 1.165) is 18.6 Å². The summed E-state index contributed by atoms with van der Waals surface area (Å²) >= 11 is 0. The number of ether oxygens (including phenoxy) is 1. The lowest BCUT2D eigenvalue weighted by Crippen LogP contribution is -2.53. The highest BCUT2D eigenvalue weighted by Gasteiger charge is 2.45. The van der Waals surface area contributed by atoms with Crippen molar-refractivity contribution in [2.45, 2.75) is 69.9 Å². The Kier molecular flexibility index (Phi) is 7.40. The molecular weight excluding hydrogens is 475 g/mol. The summed E-state index contributed by atoms with van der Waals surface area (Å²) in [6, 6.07) is 2.86. The van der Waals surface area contributed by atoms with Gasteiger partial charge in [0.05, 0.1) is 24.1 Å². The van der Waals surface area contributed by atoms with Gasteiger partial charge < -0.3 is 19.9 Å². The minimum atomic E-state index is -4.51. The zero-order valence-corrected chi connectivity index (χ0v) is 20.9. The summed E-state index contributed by atoms with van der Waals surface area (Å²) in [5, 5.41) is 3.24. The average Bonchev–Trinajstić information content (AvgIpc) is 3.21. The summed E-state index contributed by atoms with van der Waals surface area (Å²) in [7, 11) is 3.40. The Morgan fingerprint density at radius 3 is 2.64 bits per heavy atom. The van der Waals surface area contributed by atoms with Crippen LogP contribution in [0.4, 0.5) is 19.0 Å². The topological polar surface area (TPSA) is 87.7 Å². The molecule has 1 aliphatic carbocycles. The van der Waals surface area contributed by atoms with Crippen LogP contribution in [0, 0.1) is 5.92 Å². The number of nitrogens with zero attached hydrogens (tertiary/aromatic N) is 4. The lowest BCUT2D eigenvalue weighted by atomic mass is 9.80. The fourth-order valence-corrected chi connectivity index (χ4v) is 5.38. The maximum Gasteiger partial charge on any atom is 0.416 e. The van der Waals surface area contributed by atoms with Gasteiger partial charge in [-0.05, 0) is 64.8 Å². The maximum atomic E-state index is 13.4. The van der Waals surface area contributed by atoms with Crippen LogP contribution in [-0.4, -0.2) is 76.5 Å². The molecule has 0 bridgehead atoms. The van der Waals surface area contributed by atoms with E-state index in [2.05, 4.69) is 34.0 Å². The van der Waals surface area contributed by atoms with Crippen LogP contribution in [0.1, 0.15) is 45.1 Å². The number of methoxy groups -OCH3 is 1. The Balaban J connectivity index is 1.53. The number of carbonyl (C=O) groups excluding carboxylic acids is 2. The maximum absolute atomic E-state index is 13.4. The molecule has 196 valence electrons. The molecule has 2 aromatic rings. The minimum absolute atomic E-state index is 0.179. The monoisotopic (exact) mass is 507 g/mol. The smallest absolute Gasteiger partial charge is 0.416 e. The molecule has 1 N–H and O–H groups in total. The van der Waals surface area contributed by atoms with Crippen LogP contribution in [0.3, 0.4) is 0 Å². The zero-order chi connectivity index (χ0) is 26.2. The molecule has 1 saturated heterocycles. The number of nitrogens with one attached hydrogen (secondary N) is 1. The first kappa shape index (κ1) is 26.1. The number of halogens is 3. The highest BCUT2D eigenvalue weighted by atomic mass is 19.4. The van der Waals surface area contributed by atoms with Crippen molar-refractivity contribution in [1.82, 2.24) is 19.8 Å². The van der Waals surface area contributed by atoms with Gasteiger partial charge in [0.1, 0.15) is 18.2 Å². The standard InChI is InChI=1S/C25H32F3N5O3/c1-14(2)32(3)16-6-8-21(18(12-16)24(35)36-4)33-10-9-20(23(33)34)31-22-17-11-15(25(26,27)28)5-7-19(17)29-13-30-22/h5,7,11,13-14,16,18,20-21H,6,8-10,12H2,1-4H3,(H,29,30,31)/t16?,18?,20-,21?/m0/s1. The highest BCUT2D eigenvalue weighted by Crippen LogP contribution is 2.36. The average molecular weight is 508 g/mol. The first-order chi connectivity index (χ1) is 17.0. The SMILES string of the molecule is COC(=O)C1CC(N(C)C(C)C)CCC1N1CC[C@H](Nc2ncnc3ccc(C(F)(F)F)cc23)C1=O. The zero-order valence-electron chi connectivity index (χ0n) is 20.9. The van der Waals surface area contributed by atoms with Gasteiger partial charge in [-0.15, -0.1) is 0 Å². The summed E-state index contributed by atoms with van der Waals surface area (Å²) in [6.07, 6.45) is -0.675. The second kappa shape index (κ2) is 10.2. The lowest BCUT2D eigenvalue weighted by Gasteiger charge is -2.43. The Morgan fingerprint density at radius 1 is 1.22 bits per heavy atom. The molecule has 1 aromatic carbocycles. The summed E-state index contributed by atoms with van der Waals surface area (Å²) in [5.41, 5.74) is -0.461. The number of likely N-dealkylation sites (tertiary alicyclic amines) is 1. The predicted molar refractivity (Wildman–Crippen MR) is 128 cm³/mol. The molecule has 1 aromatic heterocycles. The van der Waals surface area contributed by atoms with Gasteiger partial charge in [-0.1, -0.05) is 0 Å². The molecule has 11 heteroatoms. The molecule has 2 heterocycles. The third kappa shape index (κ3) is 5.11. The summed E-state index contributed by atoms with van der Waals surface area (Å²) < 4.78 is 44.9. The van der Waals surface area contributed by atoms with E-state index < -0.39 is 23.7 Å². The minimum Gasteiger partial charge on any atom is -0.469 e. The van der Waals surface area contributed by atoms with Crippen molar-refractivity contribution < 1.29 is 27.5 Å². The number of carbonyl (C=O) groups is 2. The van der Waals surface area contributed by atoms with Crippen LogP contribution in [-0.2, 0) is 20.5 Å². The van der Waals surface area contributed by atoms with Crippen molar-refractivity contribution in [2.24, 2.45) is 5.92 Å². The number of hydrogen-bond donors (Lipinski definition) is 1. The van der Waals surface area contributed by atoms with Gasteiger partial charge in [0.25, 0.3) is 0 Å². The molecule has 2 fully saturated rings. The number of alkyl halides is 3. The predicted octanol–water partition coefficient (Wildman–Crippen LogP) is 3.71. The van der Waals surface area contributed by atoms with Crippen molar-refractivity contribution in [2.75, 3.05) is 26.0 Å². The van der Waals surface area contributed by atoms with E-state index in [1.54, 1.807) is 4.90 Å². The molecule has 1 saturated carbocycles. The van der Waals surface area contributed by atoms with E-state index in [4.69, 9.17) is 4.74 Å². The number of fused-ring (bicyclic) bond motifs is 1. The largest absolute Gasteiger partial charge is 0.469 e. The van der Waals surface area contributed by atoms with E-state index in [0.29, 0.717) is 37.4 Å². The van der Waals surface area contributed by atoms with Crippen molar-refractivity contribution in [3.8, 4) is 0 Å². The first-order valence-electron chi connectivity index (χ1n) is 12.2. The van der Waals surface area contributed by atoms with Gasteiger partial charge in [-0.3, -0.25) is 9.59 Å². The van der Waals surface area contributed by atoms with E-state index >= 15 is 0 Å². The normalized spacial score (nSPS) is 25.1. The van der Waals surface area contributed by atoms with Crippen molar-refractivity contribution in [3.63, 3.8) is 0 Å².